The van der Waals surface area contributed by atoms with Gasteiger partial charge in [0.05, 0.1) is 12.7 Å². The Morgan fingerprint density at radius 1 is 1.18 bits per heavy atom. The van der Waals surface area contributed by atoms with E-state index in [1.165, 1.54) is 0 Å². The number of fused-ring (bicyclic) bond motifs is 1. The second-order valence-electron chi connectivity index (χ2n) is 9.36. The number of ether oxygens (including phenoxy) is 3. The van der Waals surface area contributed by atoms with E-state index in [-0.39, 0.29) is 23.4 Å². The molecule has 5 nitrogen and oxygen atoms in total. The van der Waals surface area contributed by atoms with Gasteiger partial charge in [0.15, 0.2) is 25.3 Å². The van der Waals surface area contributed by atoms with Gasteiger partial charge in [0.1, 0.15) is 16.9 Å². The second kappa shape index (κ2) is 7.68. The fraction of sp³-hybridized carbons (Fsp3) is 0.619. The van der Waals surface area contributed by atoms with Crippen molar-refractivity contribution in [3.63, 3.8) is 0 Å². The summed E-state index contributed by atoms with van der Waals surface area (Å²) in [5.74, 6) is -0.705. The molecule has 3 rings (SSSR count). The van der Waals surface area contributed by atoms with E-state index in [1.54, 1.807) is 0 Å². The number of hydrogen-bond donors (Lipinski definition) is 0. The normalized spacial score (nSPS) is 28.7. The van der Waals surface area contributed by atoms with Crippen molar-refractivity contribution in [1.29, 1.82) is 0 Å². The highest BCUT2D eigenvalue weighted by molar-refractivity contribution is 7.88. The Kier molecular flexibility index (Phi) is 5.96. The molecule has 0 spiro atoms. The Balaban J connectivity index is 1.94. The zero-order chi connectivity index (χ0) is 20.7. The van der Waals surface area contributed by atoms with Gasteiger partial charge in [-0.2, -0.15) is 0 Å². The largest absolute Gasteiger partial charge is 0.476 e. The van der Waals surface area contributed by atoms with Crippen LogP contribution >= 0.6 is 0 Å². The van der Waals surface area contributed by atoms with Crippen LogP contribution in [0.15, 0.2) is 46.4 Å². The lowest BCUT2D eigenvalue weighted by molar-refractivity contribution is -0.318. The van der Waals surface area contributed by atoms with E-state index in [0.717, 1.165) is 0 Å². The van der Waals surface area contributed by atoms with Gasteiger partial charge < -0.3 is 18.6 Å². The Hall–Kier alpha value is -0.993. The van der Waals surface area contributed by atoms with Crippen LogP contribution in [0.2, 0.25) is 18.1 Å². The molecule has 0 radical (unpaired) electrons. The van der Waals surface area contributed by atoms with Crippen molar-refractivity contribution in [1.82, 2.24) is 0 Å². The summed E-state index contributed by atoms with van der Waals surface area (Å²) in [6.45, 7) is 15.2. The van der Waals surface area contributed by atoms with Crippen molar-refractivity contribution in [3.8, 4) is 0 Å². The molecule has 0 N–H and O–H groups in total. The standard InChI is InChI=1S/C21H32O5SSi/c1-20(2,3)28(6,7)26-16-13-18(27(22)15-11-9-8-10-12-15)24-17-14-23-21(4,5)25-19(16)17/h8-13,16-17,19H,14H2,1-7H3/t16-,17-,19-,27?/m1/s1. The fourth-order valence-electron chi connectivity index (χ4n) is 3.00. The molecule has 2 aliphatic rings. The zero-order valence-electron chi connectivity index (χ0n) is 17.9. The lowest BCUT2D eigenvalue weighted by Crippen LogP contribution is -2.59. The Morgan fingerprint density at radius 2 is 1.82 bits per heavy atom. The van der Waals surface area contributed by atoms with Crippen LogP contribution in [0, 0.1) is 0 Å². The summed E-state index contributed by atoms with van der Waals surface area (Å²) in [6, 6.07) is 9.33. The van der Waals surface area contributed by atoms with E-state index >= 15 is 0 Å². The van der Waals surface area contributed by atoms with E-state index in [9.17, 15) is 4.21 Å². The van der Waals surface area contributed by atoms with Crippen molar-refractivity contribution < 1.29 is 22.8 Å². The molecule has 2 heterocycles. The predicted molar refractivity (Wildman–Crippen MR) is 113 cm³/mol. The third kappa shape index (κ3) is 4.59. The minimum Gasteiger partial charge on any atom is -0.476 e. The maximum Gasteiger partial charge on any atom is 0.193 e. The quantitative estimate of drug-likeness (QED) is 0.663. The summed E-state index contributed by atoms with van der Waals surface area (Å²) < 4.78 is 37.9. The monoisotopic (exact) mass is 424 g/mol. The molecule has 7 heteroatoms. The molecule has 1 fully saturated rings. The lowest BCUT2D eigenvalue weighted by atomic mass is 10.0. The first-order chi connectivity index (χ1) is 12.9. The Morgan fingerprint density at radius 3 is 2.43 bits per heavy atom. The molecule has 1 saturated heterocycles. The van der Waals surface area contributed by atoms with Crippen molar-refractivity contribution in [2.45, 2.75) is 81.7 Å². The van der Waals surface area contributed by atoms with Crippen LogP contribution in [-0.2, 0) is 29.4 Å². The first-order valence-corrected chi connectivity index (χ1v) is 13.8. The average Bonchev–Trinajstić information content (AvgIpc) is 2.60. The van der Waals surface area contributed by atoms with Crippen LogP contribution in [-0.4, -0.2) is 43.2 Å². The van der Waals surface area contributed by atoms with Gasteiger partial charge in [-0.25, -0.2) is 4.21 Å². The summed E-state index contributed by atoms with van der Waals surface area (Å²) in [5.41, 5.74) is 0. The zero-order valence-corrected chi connectivity index (χ0v) is 19.7. The van der Waals surface area contributed by atoms with Gasteiger partial charge in [-0.3, -0.25) is 0 Å². The minimum atomic E-state index is -2.08. The van der Waals surface area contributed by atoms with Crippen LogP contribution in [0.1, 0.15) is 34.6 Å². The molecule has 2 aliphatic heterocycles. The molecule has 0 aliphatic carbocycles. The van der Waals surface area contributed by atoms with Crippen molar-refractivity contribution in [2.24, 2.45) is 0 Å². The Bertz CT molecular complexity index is 754. The molecule has 0 bridgehead atoms. The number of benzene rings is 1. The van der Waals surface area contributed by atoms with Crippen molar-refractivity contribution >= 4 is 19.1 Å². The van der Waals surface area contributed by atoms with Crippen LogP contribution in [0.4, 0.5) is 0 Å². The lowest BCUT2D eigenvalue weighted by Gasteiger charge is -2.48. The van der Waals surface area contributed by atoms with E-state index in [4.69, 9.17) is 18.6 Å². The fourth-order valence-corrected chi connectivity index (χ4v) is 5.34. The van der Waals surface area contributed by atoms with E-state index < -0.39 is 24.9 Å². The maximum absolute atomic E-state index is 13.1. The van der Waals surface area contributed by atoms with Crippen molar-refractivity contribution in [3.05, 3.63) is 41.5 Å². The second-order valence-corrected chi connectivity index (χ2v) is 15.5. The summed E-state index contributed by atoms with van der Waals surface area (Å²) >= 11 is 0. The van der Waals surface area contributed by atoms with Gasteiger partial charge in [0.25, 0.3) is 0 Å². The van der Waals surface area contributed by atoms with Gasteiger partial charge in [-0.1, -0.05) is 39.0 Å². The van der Waals surface area contributed by atoms with Gasteiger partial charge >= 0.3 is 0 Å². The summed E-state index contributed by atoms with van der Waals surface area (Å²) in [4.78, 5) is 0.705. The highest BCUT2D eigenvalue weighted by Gasteiger charge is 2.49. The van der Waals surface area contributed by atoms with E-state index in [1.807, 2.05) is 50.3 Å². The third-order valence-corrected chi connectivity index (χ3v) is 11.4. The molecule has 4 atom stereocenters. The van der Waals surface area contributed by atoms with Crippen LogP contribution in [0.3, 0.4) is 0 Å². The highest BCUT2D eigenvalue weighted by atomic mass is 32.2. The molecule has 0 saturated carbocycles. The number of rotatable bonds is 4. The first kappa shape index (κ1) is 21.7. The summed E-state index contributed by atoms with van der Waals surface area (Å²) in [6.07, 6.45) is 0.877. The number of hydrogen-bond acceptors (Lipinski definition) is 5. The SMILES string of the molecule is CC1(C)OC[C@H]2OC(S(=O)c3ccccc3)=C[C@@H](O[Si](C)(C)C(C)(C)C)[C@H]2O1. The van der Waals surface area contributed by atoms with E-state index in [2.05, 4.69) is 33.9 Å². The highest BCUT2D eigenvalue weighted by Crippen LogP contribution is 2.41. The molecule has 28 heavy (non-hydrogen) atoms. The van der Waals surface area contributed by atoms with E-state index in [0.29, 0.717) is 16.6 Å². The average molecular weight is 425 g/mol. The first-order valence-electron chi connectivity index (χ1n) is 9.74. The molecular weight excluding hydrogens is 392 g/mol. The molecular formula is C21H32O5SSi. The van der Waals surface area contributed by atoms with Crippen LogP contribution < -0.4 is 0 Å². The minimum absolute atomic E-state index is 0.0497. The predicted octanol–water partition coefficient (Wildman–Crippen LogP) is 4.58. The molecule has 1 aromatic carbocycles. The van der Waals surface area contributed by atoms with Gasteiger partial charge in [-0.15, -0.1) is 0 Å². The van der Waals surface area contributed by atoms with Crippen molar-refractivity contribution in [2.75, 3.05) is 6.61 Å². The van der Waals surface area contributed by atoms with Crippen LogP contribution in [0.5, 0.6) is 0 Å². The maximum atomic E-state index is 13.1. The molecule has 1 unspecified atom stereocenters. The molecule has 0 amide bonds. The summed E-state index contributed by atoms with van der Waals surface area (Å²) in [5, 5.41) is 0.469. The van der Waals surface area contributed by atoms with Gasteiger partial charge in [0.2, 0.25) is 0 Å². The third-order valence-electron chi connectivity index (χ3n) is 5.65. The molecule has 0 aromatic heterocycles. The summed E-state index contributed by atoms with van der Waals surface area (Å²) in [7, 11) is -3.49. The smallest absolute Gasteiger partial charge is 0.193 e. The van der Waals surface area contributed by atoms with Gasteiger partial charge in [-0.05, 0) is 50.2 Å². The molecule has 156 valence electrons. The van der Waals surface area contributed by atoms with Gasteiger partial charge in [0, 0.05) is 4.90 Å². The molecule has 1 aromatic rings. The topological polar surface area (TPSA) is 54.0 Å². The van der Waals surface area contributed by atoms with Crippen LogP contribution in [0.25, 0.3) is 0 Å². The Labute approximate surface area is 172 Å².